The SMILES string of the molecule is CCCCCCCCCC#[C][Sb]. The molecule has 68 valence electrons. The molecule has 0 aromatic rings. The van der Waals surface area contributed by atoms with E-state index in [0.717, 1.165) is 6.42 Å². The Labute approximate surface area is 91.0 Å². The number of rotatable bonds is 7. The van der Waals surface area contributed by atoms with Crippen molar-refractivity contribution in [3.63, 3.8) is 0 Å². The molecule has 0 nitrogen and oxygen atoms in total. The first kappa shape index (κ1) is 12.4. The summed E-state index contributed by atoms with van der Waals surface area (Å²) in [7, 11) is 0. The second-order valence-corrected chi connectivity index (χ2v) is 3.80. The van der Waals surface area contributed by atoms with Crippen molar-refractivity contribution in [3.8, 4) is 9.79 Å². The first-order valence-electron chi connectivity index (χ1n) is 5.03. The van der Waals surface area contributed by atoms with Gasteiger partial charge in [0.1, 0.15) is 0 Å². The molecule has 0 heterocycles. The van der Waals surface area contributed by atoms with Crippen LogP contribution in [0.1, 0.15) is 58.3 Å². The van der Waals surface area contributed by atoms with Gasteiger partial charge in [-0.2, -0.15) is 0 Å². The van der Waals surface area contributed by atoms with Gasteiger partial charge in [0, 0.05) is 0 Å². The third kappa shape index (κ3) is 10.4. The summed E-state index contributed by atoms with van der Waals surface area (Å²) in [5.41, 5.74) is 0. The molecule has 0 bridgehead atoms. The third-order valence-corrected chi connectivity index (χ3v) is 2.44. The Morgan fingerprint density at radius 3 is 2.08 bits per heavy atom. The second kappa shape index (κ2) is 11.4. The van der Waals surface area contributed by atoms with Crippen LogP contribution in [0.3, 0.4) is 0 Å². The van der Waals surface area contributed by atoms with E-state index in [2.05, 4.69) is 16.7 Å². The van der Waals surface area contributed by atoms with Crippen LogP contribution in [0.4, 0.5) is 0 Å². The van der Waals surface area contributed by atoms with E-state index in [1.54, 1.807) is 23.0 Å². The molecule has 0 N–H and O–H groups in total. The van der Waals surface area contributed by atoms with Gasteiger partial charge in [-0.1, -0.05) is 0 Å². The Kier molecular flexibility index (Phi) is 11.7. The van der Waals surface area contributed by atoms with Gasteiger partial charge in [-0.3, -0.25) is 0 Å². The summed E-state index contributed by atoms with van der Waals surface area (Å²) in [5.74, 6) is 3.12. The Balaban J connectivity index is 2.84. The predicted octanol–water partition coefficient (Wildman–Crippen LogP) is 3.26. The quantitative estimate of drug-likeness (QED) is 0.379. The van der Waals surface area contributed by atoms with Gasteiger partial charge in [-0.25, -0.2) is 0 Å². The van der Waals surface area contributed by atoms with Crippen LogP contribution < -0.4 is 0 Å². The van der Waals surface area contributed by atoms with Gasteiger partial charge >= 0.3 is 91.1 Å². The molecule has 0 spiro atoms. The molecule has 0 fully saturated rings. The van der Waals surface area contributed by atoms with Gasteiger partial charge in [-0.05, 0) is 0 Å². The normalized spacial score (nSPS) is 9.17. The van der Waals surface area contributed by atoms with E-state index in [4.69, 9.17) is 0 Å². The molecule has 0 atom stereocenters. The van der Waals surface area contributed by atoms with Crippen molar-refractivity contribution < 1.29 is 0 Å². The van der Waals surface area contributed by atoms with E-state index >= 15 is 0 Å². The summed E-state index contributed by atoms with van der Waals surface area (Å²) in [6, 6.07) is 0. The molecule has 0 aliphatic carbocycles. The molecule has 0 rings (SSSR count). The summed E-state index contributed by atoms with van der Waals surface area (Å²) in [6.07, 6.45) is 10.8. The summed E-state index contributed by atoms with van der Waals surface area (Å²) in [4.78, 5) is 0. The maximum atomic E-state index is 3.12. The van der Waals surface area contributed by atoms with Gasteiger partial charge in [0.25, 0.3) is 0 Å². The standard InChI is InChI=1S/C11H19.Sb/c1-3-5-7-9-11-10-8-6-4-2;/h3,5-11H2,1H3;. The summed E-state index contributed by atoms with van der Waals surface area (Å²) >= 11 is 1.60. The predicted molar refractivity (Wildman–Crippen MR) is 56.1 cm³/mol. The molecule has 0 aliphatic heterocycles. The van der Waals surface area contributed by atoms with E-state index in [-0.39, 0.29) is 0 Å². The van der Waals surface area contributed by atoms with Crippen LogP contribution >= 0.6 is 0 Å². The van der Waals surface area contributed by atoms with Crippen LogP contribution in [0.15, 0.2) is 0 Å². The monoisotopic (exact) mass is 272 g/mol. The first-order chi connectivity index (χ1) is 5.91. The van der Waals surface area contributed by atoms with Crippen LogP contribution in [0, 0.1) is 9.79 Å². The number of unbranched alkanes of at least 4 members (excludes halogenated alkanes) is 7. The van der Waals surface area contributed by atoms with Crippen molar-refractivity contribution in [2.24, 2.45) is 0 Å². The summed E-state index contributed by atoms with van der Waals surface area (Å²) in [5, 5.41) is 0. The van der Waals surface area contributed by atoms with Crippen molar-refractivity contribution >= 4 is 23.0 Å². The summed E-state index contributed by atoms with van der Waals surface area (Å²) < 4.78 is 2.98. The minimum absolute atomic E-state index is 1.11. The van der Waals surface area contributed by atoms with Crippen molar-refractivity contribution in [2.75, 3.05) is 0 Å². The van der Waals surface area contributed by atoms with Gasteiger partial charge in [0.2, 0.25) is 0 Å². The Hall–Kier alpha value is 0.378. The molecule has 0 amide bonds. The molecule has 0 aromatic carbocycles. The zero-order valence-electron chi connectivity index (χ0n) is 8.10. The average molecular weight is 273 g/mol. The van der Waals surface area contributed by atoms with E-state index in [1.807, 2.05) is 0 Å². The molecule has 1 heteroatoms. The van der Waals surface area contributed by atoms with Crippen molar-refractivity contribution in [1.29, 1.82) is 0 Å². The Morgan fingerprint density at radius 2 is 1.50 bits per heavy atom. The molecule has 0 saturated carbocycles. The molecular weight excluding hydrogens is 254 g/mol. The van der Waals surface area contributed by atoms with Crippen LogP contribution in [0.2, 0.25) is 0 Å². The molecular formula is C11H19Sb. The van der Waals surface area contributed by atoms with Crippen LogP contribution in [0.5, 0.6) is 0 Å². The Morgan fingerprint density at radius 1 is 0.917 bits per heavy atom. The molecule has 2 radical (unpaired) electrons. The van der Waals surface area contributed by atoms with E-state index in [9.17, 15) is 0 Å². The van der Waals surface area contributed by atoms with E-state index in [1.165, 1.54) is 44.9 Å². The van der Waals surface area contributed by atoms with Gasteiger partial charge < -0.3 is 0 Å². The molecule has 0 saturated heterocycles. The zero-order chi connectivity index (χ0) is 9.07. The zero-order valence-corrected chi connectivity index (χ0v) is 10.7. The fourth-order valence-electron chi connectivity index (χ4n) is 1.23. The van der Waals surface area contributed by atoms with Gasteiger partial charge in [-0.15, -0.1) is 0 Å². The topological polar surface area (TPSA) is 0 Å². The van der Waals surface area contributed by atoms with Gasteiger partial charge in [0.15, 0.2) is 0 Å². The van der Waals surface area contributed by atoms with Crippen molar-refractivity contribution in [1.82, 2.24) is 0 Å². The molecule has 0 aromatic heterocycles. The van der Waals surface area contributed by atoms with Gasteiger partial charge in [0.05, 0.1) is 0 Å². The van der Waals surface area contributed by atoms with E-state index < -0.39 is 0 Å². The fraction of sp³-hybridized carbons (Fsp3) is 0.818. The van der Waals surface area contributed by atoms with Crippen molar-refractivity contribution in [2.45, 2.75) is 58.3 Å². The molecule has 0 unspecified atom stereocenters. The number of hydrogen-bond donors (Lipinski definition) is 0. The van der Waals surface area contributed by atoms with Crippen LogP contribution in [0.25, 0.3) is 0 Å². The molecule has 12 heavy (non-hydrogen) atoms. The van der Waals surface area contributed by atoms with Crippen LogP contribution in [-0.4, -0.2) is 23.0 Å². The van der Waals surface area contributed by atoms with Crippen molar-refractivity contribution in [3.05, 3.63) is 0 Å². The average Bonchev–Trinajstić information content (AvgIpc) is 2.10. The summed E-state index contributed by atoms with van der Waals surface area (Å²) in [6.45, 7) is 2.26. The Bertz CT molecular complexity index is 130. The third-order valence-electron chi connectivity index (χ3n) is 1.98. The number of hydrogen-bond acceptors (Lipinski definition) is 0. The van der Waals surface area contributed by atoms with Crippen LogP contribution in [-0.2, 0) is 0 Å². The molecule has 0 aliphatic rings. The minimum atomic E-state index is 1.11. The van der Waals surface area contributed by atoms with E-state index in [0.29, 0.717) is 0 Å². The maximum absolute atomic E-state index is 3.12. The second-order valence-electron chi connectivity index (χ2n) is 3.16. The fourth-order valence-corrected chi connectivity index (χ4v) is 1.55. The first-order valence-corrected chi connectivity index (χ1v) is 6.31.